The zero-order valence-electron chi connectivity index (χ0n) is 5.38. The molecule has 0 saturated heterocycles. The van der Waals surface area contributed by atoms with Crippen LogP contribution in [0.2, 0.25) is 0 Å². The van der Waals surface area contributed by atoms with Crippen molar-refractivity contribution in [1.29, 1.82) is 0 Å². The first-order valence-electron chi connectivity index (χ1n) is 2.65. The normalized spacial score (nSPS) is 11.9. The zero-order valence-corrected chi connectivity index (χ0v) is 5.38. The molecule has 1 heterocycles. The molecule has 49 valence electrons. The molecule has 1 rings (SSSR count). The maximum Gasteiger partial charge on any atom is 0.226 e. The lowest BCUT2D eigenvalue weighted by atomic mass is 10.1. The van der Waals surface area contributed by atoms with Crippen molar-refractivity contribution in [3.05, 3.63) is 18.4 Å². The minimum absolute atomic E-state index is 0.294. The van der Waals surface area contributed by atoms with Gasteiger partial charge in [-0.05, 0) is 13.8 Å². The molecule has 0 bridgehead atoms. The molecule has 0 saturated carbocycles. The molecule has 0 aliphatic carbocycles. The third-order valence-electron chi connectivity index (χ3n) is 0.913. The molecule has 1 aromatic heterocycles. The van der Waals surface area contributed by atoms with Crippen LogP contribution in [0.4, 0.5) is 0 Å². The second-order valence-electron chi connectivity index (χ2n) is 2.34. The molecule has 0 atom stereocenters. The van der Waals surface area contributed by atoms with Gasteiger partial charge in [0.25, 0.3) is 0 Å². The third-order valence-corrected chi connectivity index (χ3v) is 0.913. The Kier molecular flexibility index (Phi) is 1.29. The van der Waals surface area contributed by atoms with Gasteiger partial charge in [0.15, 0.2) is 6.26 Å². The topological polar surface area (TPSA) is 46.3 Å². The molecule has 0 aliphatic rings. The summed E-state index contributed by atoms with van der Waals surface area (Å²) < 4.78 is 4.71. The second-order valence-corrected chi connectivity index (χ2v) is 2.34. The van der Waals surface area contributed by atoms with E-state index in [4.69, 9.17) is 4.42 Å². The van der Waals surface area contributed by atoms with Crippen LogP contribution in [0.25, 0.3) is 0 Å². The smallest absolute Gasteiger partial charge is 0.226 e. The van der Waals surface area contributed by atoms with Crippen molar-refractivity contribution in [1.82, 2.24) is 4.98 Å². The van der Waals surface area contributed by atoms with Crippen LogP contribution in [0.15, 0.2) is 10.6 Å². The standard InChI is InChI=1S/C6H8NO2/c1-6(2,8)5-7-3-4-9-5/h3,8H,1-2H3. The summed E-state index contributed by atoms with van der Waals surface area (Å²) in [5, 5.41) is 9.20. The summed E-state index contributed by atoms with van der Waals surface area (Å²) in [6, 6.07) is 0. The summed E-state index contributed by atoms with van der Waals surface area (Å²) in [5.41, 5.74) is -0.986. The molecule has 0 aromatic carbocycles. The van der Waals surface area contributed by atoms with Crippen LogP contribution in [0, 0.1) is 6.26 Å². The molecule has 0 aliphatic heterocycles. The molecule has 1 radical (unpaired) electrons. The van der Waals surface area contributed by atoms with Crippen molar-refractivity contribution in [3.63, 3.8) is 0 Å². The van der Waals surface area contributed by atoms with Gasteiger partial charge >= 0.3 is 0 Å². The maximum absolute atomic E-state index is 9.20. The van der Waals surface area contributed by atoms with E-state index < -0.39 is 5.60 Å². The van der Waals surface area contributed by atoms with Crippen molar-refractivity contribution in [2.24, 2.45) is 0 Å². The van der Waals surface area contributed by atoms with Crippen molar-refractivity contribution < 1.29 is 9.52 Å². The Hall–Kier alpha value is -0.830. The minimum Gasteiger partial charge on any atom is -0.434 e. The molecule has 0 fully saturated rings. The Morgan fingerprint density at radius 2 is 2.44 bits per heavy atom. The Bertz CT molecular complexity index is 173. The van der Waals surface area contributed by atoms with E-state index in [2.05, 4.69) is 11.2 Å². The molecule has 1 aromatic rings. The highest BCUT2D eigenvalue weighted by molar-refractivity contribution is 4.90. The quantitative estimate of drug-likeness (QED) is 0.602. The minimum atomic E-state index is -0.986. The van der Waals surface area contributed by atoms with E-state index in [0.29, 0.717) is 5.89 Å². The van der Waals surface area contributed by atoms with Crippen LogP contribution in [0.3, 0.4) is 0 Å². The summed E-state index contributed by atoms with van der Waals surface area (Å²) >= 11 is 0. The van der Waals surface area contributed by atoms with Crippen molar-refractivity contribution in [2.45, 2.75) is 19.4 Å². The summed E-state index contributed by atoms with van der Waals surface area (Å²) in [7, 11) is 0. The van der Waals surface area contributed by atoms with Gasteiger partial charge in [0, 0.05) is 0 Å². The van der Waals surface area contributed by atoms with Gasteiger partial charge in [-0.15, -0.1) is 0 Å². The Morgan fingerprint density at radius 3 is 2.67 bits per heavy atom. The third kappa shape index (κ3) is 1.29. The largest absolute Gasteiger partial charge is 0.434 e. The van der Waals surface area contributed by atoms with Gasteiger partial charge in [-0.3, -0.25) is 0 Å². The lowest BCUT2D eigenvalue weighted by Gasteiger charge is -2.10. The monoisotopic (exact) mass is 126 g/mol. The number of aliphatic hydroxyl groups is 1. The van der Waals surface area contributed by atoms with E-state index in [9.17, 15) is 5.11 Å². The second kappa shape index (κ2) is 1.84. The molecule has 9 heavy (non-hydrogen) atoms. The summed E-state index contributed by atoms with van der Waals surface area (Å²) in [4.78, 5) is 3.72. The fraction of sp³-hybridized carbons (Fsp3) is 0.500. The highest BCUT2D eigenvalue weighted by Crippen LogP contribution is 2.15. The van der Waals surface area contributed by atoms with E-state index in [-0.39, 0.29) is 0 Å². The summed E-state index contributed by atoms with van der Waals surface area (Å²) in [6.07, 6.45) is 3.77. The number of rotatable bonds is 1. The average Bonchev–Trinajstić information content (AvgIpc) is 2.08. The van der Waals surface area contributed by atoms with Crippen LogP contribution >= 0.6 is 0 Å². The number of oxazole rings is 1. The zero-order chi connectivity index (χ0) is 6.91. The molecular weight excluding hydrogens is 118 g/mol. The van der Waals surface area contributed by atoms with Gasteiger partial charge in [0.1, 0.15) is 5.60 Å². The molecule has 0 spiro atoms. The fourth-order valence-corrected chi connectivity index (χ4v) is 0.476. The van der Waals surface area contributed by atoms with Crippen molar-refractivity contribution in [3.8, 4) is 0 Å². The average molecular weight is 126 g/mol. The van der Waals surface area contributed by atoms with E-state index in [0.717, 1.165) is 0 Å². The number of hydrogen-bond donors (Lipinski definition) is 1. The molecule has 3 heteroatoms. The number of nitrogens with zero attached hydrogens (tertiary/aromatic N) is 1. The first-order valence-corrected chi connectivity index (χ1v) is 2.65. The lowest BCUT2D eigenvalue weighted by Crippen LogP contribution is -2.15. The Balaban J connectivity index is 2.90. The molecular formula is C6H8NO2. The molecule has 0 amide bonds. The van der Waals surface area contributed by atoms with Gasteiger partial charge in [0.2, 0.25) is 5.89 Å². The van der Waals surface area contributed by atoms with Crippen LogP contribution in [0.1, 0.15) is 19.7 Å². The lowest BCUT2D eigenvalue weighted by molar-refractivity contribution is 0.0480. The predicted molar refractivity (Wildman–Crippen MR) is 30.6 cm³/mol. The summed E-state index contributed by atoms with van der Waals surface area (Å²) in [5.74, 6) is 0.294. The summed E-state index contributed by atoms with van der Waals surface area (Å²) in [6.45, 7) is 3.21. The van der Waals surface area contributed by atoms with Crippen LogP contribution < -0.4 is 0 Å². The highest BCUT2D eigenvalue weighted by atomic mass is 16.4. The molecule has 0 unspecified atom stereocenters. The molecule has 1 N–H and O–H groups in total. The van der Waals surface area contributed by atoms with Crippen LogP contribution in [-0.2, 0) is 5.60 Å². The van der Waals surface area contributed by atoms with Crippen LogP contribution in [-0.4, -0.2) is 10.1 Å². The van der Waals surface area contributed by atoms with Gasteiger partial charge < -0.3 is 9.52 Å². The van der Waals surface area contributed by atoms with Crippen LogP contribution in [0.5, 0.6) is 0 Å². The molecule has 3 nitrogen and oxygen atoms in total. The van der Waals surface area contributed by atoms with E-state index in [1.165, 1.54) is 6.20 Å². The van der Waals surface area contributed by atoms with Gasteiger partial charge in [0.05, 0.1) is 6.20 Å². The number of hydrogen-bond acceptors (Lipinski definition) is 3. The van der Waals surface area contributed by atoms with E-state index >= 15 is 0 Å². The predicted octanol–water partition coefficient (Wildman–Crippen LogP) is 0.702. The van der Waals surface area contributed by atoms with Crippen molar-refractivity contribution in [2.75, 3.05) is 0 Å². The van der Waals surface area contributed by atoms with E-state index in [1.807, 2.05) is 0 Å². The fourth-order valence-electron chi connectivity index (χ4n) is 0.476. The maximum atomic E-state index is 9.20. The van der Waals surface area contributed by atoms with Gasteiger partial charge in [-0.25, -0.2) is 4.98 Å². The van der Waals surface area contributed by atoms with Crippen molar-refractivity contribution >= 4 is 0 Å². The Morgan fingerprint density at radius 1 is 1.78 bits per heavy atom. The van der Waals surface area contributed by atoms with E-state index in [1.54, 1.807) is 13.8 Å². The highest BCUT2D eigenvalue weighted by Gasteiger charge is 2.20. The first-order chi connectivity index (χ1) is 4.11. The first kappa shape index (κ1) is 6.29. The Labute approximate surface area is 53.3 Å². The van der Waals surface area contributed by atoms with Gasteiger partial charge in [-0.2, -0.15) is 0 Å². The van der Waals surface area contributed by atoms with Gasteiger partial charge in [-0.1, -0.05) is 0 Å². The number of aromatic nitrogens is 1. The SMILES string of the molecule is CC(C)(O)c1nc[c]o1.